The Hall–Kier alpha value is -1.92. The van der Waals surface area contributed by atoms with Crippen LogP contribution in [0.5, 0.6) is 0 Å². The van der Waals surface area contributed by atoms with Crippen LogP contribution in [0.25, 0.3) is 0 Å². The summed E-state index contributed by atoms with van der Waals surface area (Å²) in [6, 6.07) is -0.474. The molecule has 1 N–H and O–H groups in total. The van der Waals surface area contributed by atoms with Gasteiger partial charge in [0, 0.05) is 12.8 Å². The molecule has 0 radical (unpaired) electrons. The molecule has 1 aliphatic rings. The predicted octanol–water partition coefficient (Wildman–Crippen LogP) is 2.40. The molecule has 0 spiro atoms. The molecule has 8 heteroatoms. The molecule has 7 nitrogen and oxygen atoms in total. The second kappa shape index (κ2) is 8.62. The second-order valence-electron chi connectivity index (χ2n) is 8.30. The normalized spacial score (nSPS) is 22.8. The first-order valence-electron chi connectivity index (χ1n) is 9.41. The molecule has 1 aliphatic heterocycles. The fraction of sp³-hybridized carbons (Fsp3) is 0.600. The number of hydrogen-bond acceptors (Lipinski definition) is 5. The number of terminal acetylenes is 1. The first kappa shape index (κ1) is 22.4. The molecule has 0 unspecified atom stereocenters. The van der Waals surface area contributed by atoms with E-state index in [1.807, 2.05) is 13.0 Å². The van der Waals surface area contributed by atoms with E-state index in [1.54, 1.807) is 6.08 Å². The molecule has 1 aromatic rings. The molecule has 2 heterocycles. The highest BCUT2D eigenvalue weighted by Gasteiger charge is 2.39. The van der Waals surface area contributed by atoms with Gasteiger partial charge in [-0.05, 0) is 31.1 Å². The third-order valence-corrected chi connectivity index (χ3v) is 9.85. The van der Waals surface area contributed by atoms with Crippen LogP contribution < -0.4 is 11.2 Å². The average molecular weight is 407 g/mol. The predicted molar refractivity (Wildman–Crippen MR) is 111 cm³/mol. The highest BCUT2D eigenvalue weighted by molar-refractivity contribution is 6.74. The van der Waals surface area contributed by atoms with Crippen LogP contribution in [0.1, 0.15) is 39.3 Å². The summed E-state index contributed by atoms with van der Waals surface area (Å²) in [6.07, 6.45) is 9.38. The van der Waals surface area contributed by atoms with Crippen LogP contribution in [-0.2, 0) is 13.9 Å². The first-order chi connectivity index (χ1) is 13.0. The van der Waals surface area contributed by atoms with E-state index < -0.39 is 38.0 Å². The molecular formula is C20H30N2O5Si. The topological polar surface area (TPSA) is 82.6 Å². The van der Waals surface area contributed by atoms with E-state index in [0.717, 1.165) is 0 Å². The molecule has 0 aromatic carbocycles. The van der Waals surface area contributed by atoms with Crippen molar-refractivity contribution in [3.05, 3.63) is 44.8 Å². The third-order valence-electron chi connectivity index (χ3n) is 5.35. The summed E-state index contributed by atoms with van der Waals surface area (Å²) in [5, 5.41) is 0.0395. The van der Waals surface area contributed by atoms with Crippen LogP contribution in [0, 0.1) is 12.3 Å². The van der Waals surface area contributed by atoms with E-state index in [0.29, 0.717) is 13.2 Å². The summed E-state index contributed by atoms with van der Waals surface area (Å²) in [4.78, 5) is 26.5. The number of hydrogen-bond donors (Lipinski definition) is 1. The van der Waals surface area contributed by atoms with Crippen molar-refractivity contribution >= 4 is 8.32 Å². The molecule has 154 valence electrons. The van der Waals surface area contributed by atoms with Gasteiger partial charge in [-0.15, -0.1) is 6.42 Å². The molecule has 2 rings (SSSR count). The lowest BCUT2D eigenvalue weighted by Gasteiger charge is -2.39. The SMILES string of the molecule is C#Cc1cn([C@H]2C=C[C@@H](OCC)O[C@@H]2CO[Si](C)(C)C(C)(C)C)c(=O)[nH]c1=O. The van der Waals surface area contributed by atoms with Gasteiger partial charge in [0.05, 0.1) is 12.6 Å². The molecule has 0 fully saturated rings. The first-order valence-corrected chi connectivity index (χ1v) is 12.3. The van der Waals surface area contributed by atoms with E-state index in [9.17, 15) is 9.59 Å². The summed E-state index contributed by atoms with van der Waals surface area (Å²) in [5.41, 5.74) is -1.04. The Morgan fingerprint density at radius 1 is 1.32 bits per heavy atom. The van der Waals surface area contributed by atoms with Crippen molar-refractivity contribution in [3.8, 4) is 12.3 Å². The summed E-state index contributed by atoms with van der Waals surface area (Å²) in [6.45, 7) is 13.5. The maximum absolute atomic E-state index is 12.4. The Morgan fingerprint density at radius 2 is 2.00 bits per heavy atom. The molecule has 1 aromatic heterocycles. The zero-order chi connectivity index (χ0) is 21.1. The van der Waals surface area contributed by atoms with E-state index in [-0.39, 0.29) is 10.6 Å². The Balaban J connectivity index is 2.37. The van der Waals surface area contributed by atoms with Gasteiger partial charge in [-0.25, -0.2) is 4.79 Å². The van der Waals surface area contributed by atoms with Crippen LogP contribution >= 0.6 is 0 Å². The van der Waals surface area contributed by atoms with E-state index in [2.05, 4.69) is 44.8 Å². The zero-order valence-corrected chi connectivity index (χ0v) is 18.4. The highest BCUT2D eigenvalue weighted by Crippen LogP contribution is 2.37. The van der Waals surface area contributed by atoms with E-state index >= 15 is 0 Å². The van der Waals surface area contributed by atoms with Crippen LogP contribution in [0.4, 0.5) is 0 Å². The summed E-state index contributed by atoms with van der Waals surface area (Å²) in [7, 11) is -2.02. The Kier molecular flexibility index (Phi) is 6.88. The van der Waals surface area contributed by atoms with Crippen molar-refractivity contribution in [1.82, 2.24) is 9.55 Å². The number of ether oxygens (including phenoxy) is 2. The van der Waals surface area contributed by atoms with Gasteiger partial charge in [-0.3, -0.25) is 14.3 Å². The van der Waals surface area contributed by atoms with Crippen molar-refractivity contribution in [2.75, 3.05) is 13.2 Å². The second-order valence-corrected chi connectivity index (χ2v) is 13.1. The number of rotatable bonds is 6. The van der Waals surface area contributed by atoms with Gasteiger partial charge in [0.1, 0.15) is 11.7 Å². The quantitative estimate of drug-likeness (QED) is 0.446. The van der Waals surface area contributed by atoms with Crippen molar-refractivity contribution in [2.45, 2.75) is 64.3 Å². The van der Waals surface area contributed by atoms with E-state index in [4.69, 9.17) is 20.3 Å². The lowest BCUT2D eigenvalue weighted by atomic mass is 10.1. The minimum Gasteiger partial charge on any atom is -0.414 e. The lowest BCUT2D eigenvalue weighted by Crippen LogP contribution is -2.47. The smallest absolute Gasteiger partial charge is 0.329 e. The zero-order valence-electron chi connectivity index (χ0n) is 17.4. The van der Waals surface area contributed by atoms with Gasteiger partial charge < -0.3 is 13.9 Å². The summed E-state index contributed by atoms with van der Waals surface area (Å²) >= 11 is 0. The average Bonchev–Trinajstić information content (AvgIpc) is 2.60. The van der Waals surface area contributed by atoms with Crippen LogP contribution in [0.2, 0.25) is 18.1 Å². The van der Waals surface area contributed by atoms with Gasteiger partial charge >= 0.3 is 5.69 Å². The maximum atomic E-state index is 12.4. The number of nitrogens with one attached hydrogen (secondary N) is 1. The Morgan fingerprint density at radius 3 is 2.57 bits per heavy atom. The third kappa shape index (κ3) is 4.91. The number of aromatic amines is 1. The molecule has 0 aliphatic carbocycles. The fourth-order valence-corrected chi connectivity index (χ4v) is 3.63. The number of H-pyrrole nitrogens is 1. The summed E-state index contributed by atoms with van der Waals surface area (Å²) < 4.78 is 19.3. The molecule has 28 heavy (non-hydrogen) atoms. The van der Waals surface area contributed by atoms with Gasteiger partial charge in [0.25, 0.3) is 5.56 Å². The maximum Gasteiger partial charge on any atom is 0.329 e. The summed E-state index contributed by atoms with van der Waals surface area (Å²) in [5.74, 6) is 2.30. The van der Waals surface area contributed by atoms with Gasteiger partial charge in [-0.2, -0.15) is 0 Å². The van der Waals surface area contributed by atoms with Crippen molar-refractivity contribution < 1.29 is 13.9 Å². The number of aromatic nitrogens is 2. The molecular weight excluding hydrogens is 376 g/mol. The van der Waals surface area contributed by atoms with Crippen molar-refractivity contribution in [2.24, 2.45) is 0 Å². The fourth-order valence-electron chi connectivity index (χ4n) is 2.61. The largest absolute Gasteiger partial charge is 0.414 e. The van der Waals surface area contributed by atoms with Crippen LogP contribution in [0.3, 0.4) is 0 Å². The van der Waals surface area contributed by atoms with Crippen molar-refractivity contribution in [3.63, 3.8) is 0 Å². The standard InChI is InChI=1S/C20H30N2O5Si/c1-8-14-12-22(19(24)21-18(14)23)15-10-11-17(25-9-2)27-16(15)13-26-28(6,7)20(3,4)5/h1,10-12,15-17H,9,13H2,2-7H3,(H,21,23,24)/t15-,16+,17-/m0/s1. The monoisotopic (exact) mass is 406 g/mol. The van der Waals surface area contributed by atoms with Gasteiger partial charge in [0.2, 0.25) is 0 Å². The Labute approximate surface area is 166 Å². The molecule has 0 saturated heterocycles. The molecule has 0 bridgehead atoms. The van der Waals surface area contributed by atoms with Gasteiger partial charge in [0.15, 0.2) is 14.6 Å². The van der Waals surface area contributed by atoms with Crippen molar-refractivity contribution in [1.29, 1.82) is 0 Å². The van der Waals surface area contributed by atoms with Gasteiger partial charge in [-0.1, -0.05) is 32.8 Å². The molecule has 0 saturated carbocycles. The van der Waals surface area contributed by atoms with E-state index in [1.165, 1.54) is 10.8 Å². The Bertz CT molecular complexity index is 872. The number of nitrogens with zero attached hydrogens (tertiary/aromatic N) is 1. The highest BCUT2D eigenvalue weighted by atomic mass is 28.4. The molecule has 3 atom stereocenters. The van der Waals surface area contributed by atoms with Crippen LogP contribution in [0.15, 0.2) is 27.9 Å². The minimum absolute atomic E-state index is 0.0395. The minimum atomic E-state index is -2.02. The molecule has 0 amide bonds. The van der Waals surface area contributed by atoms with Crippen LogP contribution in [-0.4, -0.2) is 43.5 Å². The lowest BCUT2D eigenvalue weighted by molar-refractivity contribution is -0.163.